The minimum Gasteiger partial charge on any atom is -0.476 e. The van der Waals surface area contributed by atoms with Crippen molar-refractivity contribution in [3.8, 4) is 5.88 Å². The molecule has 1 aromatic carbocycles. The molecular formula is C20H23N3O2. The van der Waals surface area contributed by atoms with Crippen molar-refractivity contribution < 1.29 is 9.53 Å². The van der Waals surface area contributed by atoms with Crippen LogP contribution in [-0.2, 0) is 6.42 Å². The highest BCUT2D eigenvalue weighted by atomic mass is 16.5. The number of amides is 1. The Labute approximate surface area is 148 Å². The topological polar surface area (TPSA) is 54.5 Å². The van der Waals surface area contributed by atoms with Crippen molar-refractivity contribution in [1.29, 1.82) is 0 Å². The average molecular weight is 337 g/mol. The molecule has 130 valence electrons. The van der Waals surface area contributed by atoms with E-state index < -0.39 is 0 Å². The summed E-state index contributed by atoms with van der Waals surface area (Å²) >= 11 is 0. The molecule has 3 atom stereocenters. The lowest BCUT2D eigenvalue weighted by molar-refractivity contribution is 0.0947. The SMILES string of the molecule is CN(C)CCOc1cc(C(=O)NC2C3Cc4ccccc4C32)ccn1. The van der Waals surface area contributed by atoms with Gasteiger partial charge in [0.1, 0.15) is 6.61 Å². The lowest BCUT2D eigenvalue weighted by Gasteiger charge is -2.12. The van der Waals surface area contributed by atoms with Crippen LogP contribution in [0.1, 0.15) is 27.4 Å². The van der Waals surface area contributed by atoms with Gasteiger partial charge in [-0.3, -0.25) is 4.79 Å². The fourth-order valence-electron chi connectivity index (χ4n) is 3.75. The number of pyridine rings is 1. The van der Waals surface area contributed by atoms with Crippen LogP contribution in [0.5, 0.6) is 5.88 Å². The van der Waals surface area contributed by atoms with Crippen LogP contribution >= 0.6 is 0 Å². The van der Waals surface area contributed by atoms with Crippen LogP contribution in [0.3, 0.4) is 0 Å². The van der Waals surface area contributed by atoms with Crippen LogP contribution in [0, 0.1) is 5.92 Å². The number of fused-ring (bicyclic) bond motifs is 3. The monoisotopic (exact) mass is 337 g/mol. The largest absolute Gasteiger partial charge is 0.476 e. The van der Waals surface area contributed by atoms with E-state index in [1.165, 1.54) is 11.1 Å². The Bertz CT molecular complexity index is 790. The fourth-order valence-corrected chi connectivity index (χ4v) is 3.75. The molecular weight excluding hydrogens is 314 g/mol. The third-order valence-electron chi connectivity index (χ3n) is 5.12. The predicted octanol–water partition coefficient (Wildman–Crippen LogP) is 2.09. The van der Waals surface area contributed by atoms with E-state index in [4.69, 9.17) is 4.74 Å². The second-order valence-electron chi connectivity index (χ2n) is 7.13. The van der Waals surface area contributed by atoms with E-state index >= 15 is 0 Å². The van der Waals surface area contributed by atoms with E-state index in [-0.39, 0.29) is 11.9 Å². The summed E-state index contributed by atoms with van der Waals surface area (Å²) in [5.74, 6) is 1.49. The van der Waals surface area contributed by atoms with Gasteiger partial charge in [0.25, 0.3) is 5.91 Å². The number of likely N-dealkylation sites (N-methyl/N-ethyl adjacent to an activating group) is 1. The van der Waals surface area contributed by atoms with Crippen LogP contribution in [0.4, 0.5) is 0 Å². The fraction of sp³-hybridized carbons (Fsp3) is 0.400. The third-order valence-corrected chi connectivity index (χ3v) is 5.12. The summed E-state index contributed by atoms with van der Waals surface area (Å²) in [7, 11) is 3.98. The van der Waals surface area contributed by atoms with Gasteiger partial charge in [-0.05, 0) is 43.6 Å². The van der Waals surface area contributed by atoms with E-state index in [0.29, 0.717) is 29.9 Å². The molecule has 1 fully saturated rings. The molecule has 2 aliphatic carbocycles. The van der Waals surface area contributed by atoms with Gasteiger partial charge >= 0.3 is 0 Å². The van der Waals surface area contributed by atoms with Crippen molar-refractivity contribution in [2.75, 3.05) is 27.2 Å². The molecule has 1 heterocycles. The molecule has 4 rings (SSSR count). The maximum Gasteiger partial charge on any atom is 0.251 e. The number of carbonyl (C=O) groups excluding carboxylic acids is 1. The molecule has 2 aromatic rings. The van der Waals surface area contributed by atoms with Gasteiger partial charge in [0.05, 0.1) is 0 Å². The minimum absolute atomic E-state index is 0.0447. The zero-order valence-corrected chi connectivity index (χ0v) is 14.6. The van der Waals surface area contributed by atoms with E-state index in [9.17, 15) is 4.79 Å². The van der Waals surface area contributed by atoms with Crippen molar-refractivity contribution in [3.05, 3.63) is 59.3 Å². The summed E-state index contributed by atoms with van der Waals surface area (Å²) in [6.45, 7) is 1.36. The maximum absolute atomic E-state index is 12.6. The number of nitrogens with one attached hydrogen (secondary N) is 1. The Morgan fingerprint density at radius 1 is 1.32 bits per heavy atom. The normalized spacial score (nSPS) is 23.1. The molecule has 0 aliphatic heterocycles. The summed E-state index contributed by atoms with van der Waals surface area (Å²) in [5.41, 5.74) is 3.44. The van der Waals surface area contributed by atoms with E-state index in [1.54, 1.807) is 18.3 Å². The summed E-state index contributed by atoms with van der Waals surface area (Å²) in [4.78, 5) is 18.8. The zero-order chi connectivity index (χ0) is 17.4. The number of rotatable bonds is 6. The van der Waals surface area contributed by atoms with Crippen LogP contribution in [-0.4, -0.2) is 49.1 Å². The zero-order valence-electron chi connectivity index (χ0n) is 14.6. The summed E-state index contributed by atoms with van der Waals surface area (Å²) in [6.07, 6.45) is 2.70. The number of benzene rings is 1. The number of aromatic nitrogens is 1. The number of carbonyl (C=O) groups is 1. The molecule has 25 heavy (non-hydrogen) atoms. The smallest absolute Gasteiger partial charge is 0.251 e. The number of hydrogen-bond acceptors (Lipinski definition) is 4. The van der Waals surface area contributed by atoms with Crippen LogP contribution in [0.15, 0.2) is 42.6 Å². The Morgan fingerprint density at radius 3 is 3.00 bits per heavy atom. The molecule has 0 bridgehead atoms. The van der Waals surface area contributed by atoms with Gasteiger partial charge in [0.15, 0.2) is 0 Å². The highest BCUT2D eigenvalue weighted by Crippen LogP contribution is 2.56. The van der Waals surface area contributed by atoms with E-state index in [2.05, 4.69) is 34.6 Å². The van der Waals surface area contributed by atoms with Crippen LogP contribution in [0.2, 0.25) is 0 Å². The standard InChI is InChI=1S/C20H23N3O2/c1-23(2)9-10-25-17-12-14(7-8-21-17)20(24)22-19-16-11-13-5-3-4-6-15(13)18(16)19/h3-8,12,16,18-19H,9-11H2,1-2H3,(H,22,24). The lowest BCUT2D eigenvalue weighted by atomic mass is 10.1. The van der Waals surface area contributed by atoms with Crippen molar-refractivity contribution in [2.24, 2.45) is 5.92 Å². The average Bonchev–Trinajstić information content (AvgIpc) is 3.11. The molecule has 2 aliphatic rings. The number of hydrogen-bond donors (Lipinski definition) is 1. The Kier molecular flexibility index (Phi) is 4.17. The van der Waals surface area contributed by atoms with Gasteiger partial charge < -0.3 is 15.0 Å². The molecule has 1 amide bonds. The highest BCUT2D eigenvalue weighted by molar-refractivity contribution is 5.95. The summed E-state index contributed by atoms with van der Waals surface area (Å²) in [5, 5.41) is 3.18. The highest BCUT2D eigenvalue weighted by Gasteiger charge is 2.56. The lowest BCUT2D eigenvalue weighted by Crippen LogP contribution is -2.28. The molecule has 5 nitrogen and oxygen atoms in total. The van der Waals surface area contributed by atoms with Crippen LogP contribution < -0.4 is 10.1 Å². The van der Waals surface area contributed by atoms with E-state index in [1.807, 2.05) is 19.0 Å². The molecule has 3 unspecified atom stereocenters. The van der Waals surface area contributed by atoms with Gasteiger partial charge in [-0.15, -0.1) is 0 Å². The second-order valence-corrected chi connectivity index (χ2v) is 7.13. The van der Waals surface area contributed by atoms with E-state index in [0.717, 1.165) is 13.0 Å². The molecule has 1 aromatic heterocycles. The first-order valence-corrected chi connectivity index (χ1v) is 8.76. The number of ether oxygens (including phenoxy) is 1. The molecule has 0 saturated heterocycles. The van der Waals surface area contributed by atoms with Gasteiger partial charge in [-0.2, -0.15) is 0 Å². The Morgan fingerprint density at radius 2 is 2.16 bits per heavy atom. The van der Waals surface area contributed by atoms with Gasteiger partial charge in [0.2, 0.25) is 5.88 Å². The third kappa shape index (κ3) is 3.24. The summed E-state index contributed by atoms with van der Waals surface area (Å²) in [6, 6.07) is 12.3. The quantitative estimate of drug-likeness (QED) is 0.877. The second kappa shape index (κ2) is 6.48. The number of nitrogens with zero attached hydrogens (tertiary/aromatic N) is 2. The molecule has 0 spiro atoms. The predicted molar refractivity (Wildman–Crippen MR) is 95.9 cm³/mol. The Hall–Kier alpha value is -2.40. The molecule has 5 heteroatoms. The first-order chi connectivity index (χ1) is 12.1. The Balaban J connectivity index is 1.37. The maximum atomic E-state index is 12.6. The van der Waals surface area contributed by atoms with Crippen molar-refractivity contribution in [2.45, 2.75) is 18.4 Å². The van der Waals surface area contributed by atoms with Crippen molar-refractivity contribution in [3.63, 3.8) is 0 Å². The molecule has 1 saturated carbocycles. The first-order valence-electron chi connectivity index (χ1n) is 8.76. The van der Waals surface area contributed by atoms with Crippen molar-refractivity contribution in [1.82, 2.24) is 15.2 Å². The van der Waals surface area contributed by atoms with Crippen molar-refractivity contribution >= 4 is 5.91 Å². The molecule has 0 radical (unpaired) electrons. The van der Waals surface area contributed by atoms with Crippen LogP contribution in [0.25, 0.3) is 0 Å². The van der Waals surface area contributed by atoms with Gasteiger partial charge in [-0.1, -0.05) is 24.3 Å². The molecule has 1 N–H and O–H groups in total. The minimum atomic E-state index is -0.0447. The van der Waals surface area contributed by atoms with Gasteiger partial charge in [0, 0.05) is 36.3 Å². The van der Waals surface area contributed by atoms with Gasteiger partial charge in [-0.25, -0.2) is 4.98 Å². The summed E-state index contributed by atoms with van der Waals surface area (Å²) < 4.78 is 5.62. The first kappa shape index (κ1) is 16.1.